The molecule has 0 aromatic heterocycles. The highest BCUT2D eigenvalue weighted by Gasteiger charge is 2.78. The Kier molecular flexibility index (Phi) is 4.23. The van der Waals surface area contributed by atoms with Gasteiger partial charge in [-0.2, -0.15) is 0 Å². The number of amides is 1. The molecule has 2 aromatic carbocycles. The lowest BCUT2D eigenvalue weighted by Crippen LogP contribution is -2.92. The minimum Gasteiger partial charge on any atom is -0.479 e. The standard InChI is InChI=1S/C23H23N7O5/c24-20-28-17-16(19(32)33)27-21(25)30-9-15(23(34,35)22(17,30)29-20)26-18(31)13-7-3-6-12-11-5-2-1-4-10(11)8-14(12)13/h1-7,15-17,34-35H,8-9H2,(H7,24,25,26,27,28,29,31,32,33)/p+2/t15-,16?,17-,22-/m0/s1. The Morgan fingerprint density at radius 2 is 1.86 bits per heavy atom. The first kappa shape index (κ1) is 21.4. The number of hydrogen-bond acceptors (Lipinski definition) is 8. The van der Waals surface area contributed by atoms with Crippen LogP contribution in [0.1, 0.15) is 21.5 Å². The van der Waals surface area contributed by atoms with Crippen molar-refractivity contribution < 1.29 is 34.5 Å². The van der Waals surface area contributed by atoms with E-state index < -0.39 is 41.5 Å². The molecule has 1 aliphatic carbocycles. The van der Waals surface area contributed by atoms with Gasteiger partial charge in [0.25, 0.3) is 17.4 Å². The van der Waals surface area contributed by atoms with E-state index >= 15 is 0 Å². The molecule has 12 heteroatoms. The molecule has 3 heterocycles. The van der Waals surface area contributed by atoms with Gasteiger partial charge in [-0.15, -0.1) is 0 Å². The zero-order valence-electron chi connectivity index (χ0n) is 18.4. The molecule has 1 amide bonds. The van der Waals surface area contributed by atoms with Gasteiger partial charge in [-0.05, 0) is 34.7 Å². The van der Waals surface area contributed by atoms with E-state index in [1.165, 1.54) is 4.58 Å². The fourth-order valence-corrected chi connectivity index (χ4v) is 5.96. The van der Waals surface area contributed by atoms with Crippen molar-refractivity contribution in [2.75, 3.05) is 6.54 Å². The molecule has 12 nitrogen and oxygen atoms in total. The number of aliphatic carboxylic acids is 1. The number of fused-ring (bicyclic) bond motifs is 3. The maximum atomic E-state index is 13.4. The largest absolute Gasteiger partial charge is 0.479 e. The Balaban J connectivity index is 1.36. The summed E-state index contributed by atoms with van der Waals surface area (Å²) < 4.78 is 1.39. The summed E-state index contributed by atoms with van der Waals surface area (Å²) >= 11 is 0. The Morgan fingerprint density at radius 1 is 1.11 bits per heavy atom. The van der Waals surface area contributed by atoms with Crippen molar-refractivity contribution in [1.29, 1.82) is 0 Å². The van der Waals surface area contributed by atoms with Gasteiger partial charge in [-0.25, -0.2) is 14.7 Å². The third kappa shape index (κ3) is 2.68. The van der Waals surface area contributed by atoms with Gasteiger partial charge in [0, 0.05) is 5.56 Å². The van der Waals surface area contributed by atoms with Crippen molar-refractivity contribution in [2.45, 2.75) is 36.0 Å². The third-order valence-corrected chi connectivity index (χ3v) is 7.52. The van der Waals surface area contributed by atoms with E-state index in [1.807, 2.05) is 30.3 Å². The number of hydrogen-bond donors (Lipinski definition) is 9. The number of carbonyl (C=O) groups excluding carboxylic acids is 1. The maximum Gasteiger partial charge on any atom is 0.347 e. The lowest BCUT2D eigenvalue weighted by atomic mass is 9.85. The van der Waals surface area contributed by atoms with E-state index in [2.05, 4.69) is 20.9 Å². The van der Waals surface area contributed by atoms with Gasteiger partial charge in [-0.3, -0.25) is 26.6 Å². The Bertz CT molecular complexity index is 1370. The minimum atomic E-state index is -2.65. The summed E-state index contributed by atoms with van der Waals surface area (Å²) in [5.41, 5.74) is 14.6. The molecular weight excluding hydrogens is 454 g/mol. The molecule has 0 saturated carbocycles. The number of guanidine groups is 2. The summed E-state index contributed by atoms with van der Waals surface area (Å²) in [6.07, 6.45) is 0.587. The summed E-state index contributed by atoms with van der Waals surface area (Å²) in [6.45, 7) is -0.113. The summed E-state index contributed by atoms with van der Waals surface area (Å²) in [7, 11) is 0. The number of carboxylic acids is 1. The number of aliphatic hydroxyl groups is 2. The molecular formula is C23H25N7O5+2. The fraction of sp³-hybridized carbons (Fsp3) is 0.304. The molecule has 180 valence electrons. The summed E-state index contributed by atoms with van der Waals surface area (Å²) in [6, 6.07) is 9.71. The molecule has 1 saturated heterocycles. The van der Waals surface area contributed by atoms with Crippen LogP contribution >= 0.6 is 0 Å². The molecule has 3 aliphatic heterocycles. The molecule has 1 unspecified atom stereocenters. The SMILES string of the molecule is NC1=[NH+][C@H]2C(C(=O)O)NC(N)=[N+]3C[C@H](NC(=O)c4cccc5c4Cc4ccccc4-5)C(O)(O)[C@]23N1. The maximum absolute atomic E-state index is 13.4. The number of carbonyl (C=O) groups is 2. The summed E-state index contributed by atoms with van der Waals surface area (Å²) in [4.78, 5) is 28.1. The van der Waals surface area contributed by atoms with Crippen molar-refractivity contribution in [2.24, 2.45) is 11.5 Å². The number of benzene rings is 2. The van der Waals surface area contributed by atoms with Crippen LogP contribution in [0, 0.1) is 0 Å². The first-order chi connectivity index (χ1) is 16.6. The van der Waals surface area contributed by atoms with Crippen molar-refractivity contribution in [3.63, 3.8) is 0 Å². The predicted molar refractivity (Wildman–Crippen MR) is 122 cm³/mol. The summed E-state index contributed by atoms with van der Waals surface area (Å²) in [5.74, 6) is -4.52. The molecule has 0 bridgehead atoms. The molecule has 6 rings (SSSR count). The zero-order valence-corrected chi connectivity index (χ0v) is 18.4. The molecule has 1 spiro atoms. The lowest BCUT2D eigenvalue weighted by molar-refractivity contribution is -0.672. The smallest absolute Gasteiger partial charge is 0.347 e. The van der Waals surface area contributed by atoms with E-state index in [-0.39, 0.29) is 18.5 Å². The number of nitrogens with two attached hydrogens (primary N) is 2. The van der Waals surface area contributed by atoms with Crippen molar-refractivity contribution in [3.05, 3.63) is 59.2 Å². The average molecular weight is 479 g/mol. The number of nitrogens with zero attached hydrogens (tertiary/aromatic N) is 1. The number of nitrogens with one attached hydrogen (secondary N) is 4. The van der Waals surface area contributed by atoms with E-state index in [0.717, 1.165) is 22.3 Å². The Labute approximate surface area is 199 Å². The molecule has 0 radical (unpaired) electrons. The highest BCUT2D eigenvalue weighted by atomic mass is 16.5. The Morgan fingerprint density at radius 3 is 2.63 bits per heavy atom. The molecule has 11 N–H and O–H groups in total. The first-order valence-corrected chi connectivity index (χ1v) is 11.2. The van der Waals surface area contributed by atoms with Gasteiger partial charge < -0.3 is 20.6 Å². The van der Waals surface area contributed by atoms with Gasteiger partial charge >= 0.3 is 17.9 Å². The van der Waals surface area contributed by atoms with Crippen molar-refractivity contribution in [3.8, 4) is 11.1 Å². The predicted octanol–water partition coefficient (Wildman–Crippen LogP) is -4.50. The van der Waals surface area contributed by atoms with Crippen LogP contribution in [0.25, 0.3) is 11.1 Å². The molecule has 1 fully saturated rings. The van der Waals surface area contributed by atoms with E-state index in [1.54, 1.807) is 12.1 Å². The second kappa shape index (κ2) is 6.93. The van der Waals surface area contributed by atoms with Crippen LogP contribution in [0.4, 0.5) is 0 Å². The van der Waals surface area contributed by atoms with Gasteiger partial charge in [0.1, 0.15) is 6.04 Å². The molecule has 4 aliphatic rings. The van der Waals surface area contributed by atoms with Crippen LogP contribution in [0.5, 0.6) is 0 Å². The first-order valence-electron chi connectivity index (χ1n) is 11.2. The number of carboxylic acid groups (broad SMARTS) is 1. The van der Waals surface area contributed by atoms with Gasteiger partial charge in [0.15, 0.2) is 6.04 Å². The van der Waals surface area contributed by atoms with Gasteiger partial charge in [0.05, 0.1) is 6.54 Å². The second-order valence-electron chi connectivity index (χ2n) is 9.30. The lowest BCUT2D eigenvalue weighted by Gasteiger charge is -2.39. The normalized spacial score (nSPS) is 29.2. The minimum absolute atomic E-state index is 0.0409. The molecule has 4 atom stereocenters. The molecule has 35 heavy (non-hydrogen) atoms. The average Bonchev–Trinajstić information content (AvgIpc) is 3.43. The highest BCUT2D eigenvalue weighted by Crippen LogP contribution is 2.40. The topological polar surface area (TPSA) is 200 Å². The van der Waals surface area contributed by atoms with Crippen LogP contribution in [0.2, 0.25) is 0 Å². The van der Waals surface area contributed by atoms with Crippen molar-refractivity contribution in [1.82, 2.24) is 16.0 Å². The Hall–Kier alpha value is -4.16. The van der Waals surface area contributed by atoms with Crippen LogP contribution in [-0.2, 0) is 11.2 Å². The van der Waals surface area contributed by atoms with E-state index in [0.29, 0.717) is 12.0 Å². The van der Waals surface area contributed by atoms with E-state index in [4.69, 9.17) is 11.5 Å². The monoisotopic (exact) mass is 479 g/mol. The third-order valence-electron chi connectivity index (χ3n) is 7.52. The zero-order chi connectivity index (χ0) is 24.7. The van der Waals surface area contributed by atoms with E-state index in [9.17, 15) is 24.9 Å². The van der Waals surface area contributed by atoms with Gasteiger partial charge in [0.2, 0.25) is 6.04 Å². The van der Waals surface area contributed by atoms with Crippen LogP contribution < -0.4 is 32.4 Å². The summed E-state index contributed by atoms with van der Waals surface area (Å²) in [5, 5.41) is 40.7. The number of rotatable bonds is 3. The van der Waals surface area contributed by atoms with Gasteiger partial charge in [-0.1, -0.05) is 36.4 Å². The van der Waals surface area contributed by atoms with Crippen LogP contribution in [0.15, 0.2) is 42.5 Å². The quantitative estimate of drug-likeness (QED) is 0.131. The van der Waals surface area contributed by atoms with Crippen LogP contribution in [-0.4, -0.2) is 79.8 Å². The molecule has 2 aromatic rings. The van der Waals surface area contributed by atoms with Crippen LogP contribution in [0.3, 0.4) is 0 Å². The highest BCUT2D eigenvalue weighted by molar-refractivity contribution is 5.99. The fourth-order valence-electron chi connectivity index (χ4n) is 5.96. The second-order valence-corrected chi connectivity index (χ2v) is 9.30. The van der Waals surface area contributed by atoms with Crippen molar-refractivity contribution >= 4 is 23.8 Å².